The highest BCUT2D eigenvalue weighted by molar-refractivity contribution is 8.00. The highest BCUT2D eigenvalue weighted by Gasteiger charge is 2.20. The van der Waals surface area contributed by atoms with Crippen molar-refractivity contribution in [3.63, 3.8) is 0 Å². The average molecular weight is 374 g/mol. The van der Waals surface area contributed by atoms with Crippen LogP contribution in [-0.4, -0.2) is 30.9 Å². The Bertz CT molecular complexity index is 902. The second-order valence-electron chi connectivity index (χ2n) is 5.78. The van der Waals surface area contributed by atoms with E-state index in [1.165, 1.54) is 28.7 Å². The van der Waals surface area contributed by atoms with Crippen LogP contribution in [-0.2, 0) is 11.8 Å². The molecular formula is C17H19N5OS2. The minimum Gasteiger partial charge on any atom is -0.305 e. The third-order valence-corrected chi connectivity index (χ3v) is 5.62. The van der Waals surface area contributed by atoms with Gasteiger partial charge in [-0.1, -0.05) is 35.5 Å². The molecule has 130 valence electrons. The molecule has 0 spiro atoms. The number of nitrogens with zero attached hydrogens (tertiary/aromatic N) is 4. The normalized spacial score (nSPS) is 12.2. The van der Waals surface area contributed by atoms with Gasteiger partial charge in [-0.2, -0.15) is 0 Å². The molecule has 25 heavy (non-hydrogen) atoms. The van der Waals surface area contributed by atoms with Gasteiger partial charge in [0.2, 0.25) is 5.91 Å². The monoisotopic (exact) mass is 373 g/mol. The van der Waals surface area contributed by atoms with Crippen LogP contribution in [0.1, 0.15) is 18.2 Å². The molecule has 0 fully saturated rings. The fraction of sp³-hybridized carbons (Fsp3) is 0.294. The Balaban J connectivity index is 1.71. The SMILES string of the molecule is Cc1cccc(-c2nnc(S[C@@H](C)C(=O)Nc3nc(C)cs3)n2C)c1. The lowest BCUT2D eigenvalue weighted by Gasteiger charge is -2.10. The molecule has 0 saturated carbocycles. The summed E-state index contributed by atoms with van der Waals surface area (Å²) in [6.45, 7) is 5.79. The molecule has 1 N–H and O–H groups in total. The lowest BCUT2D eigenvalue weighted by Crippen LogP contribution is -2.22. The summed E-state index contributed by atoms with van der Waals surface area (Å²) in [7, 11) is 1.91. The predicted octanol–water partition coefficient (Wildman–Crippen LogP) is 3.67. The Morgan fingerprint density at radius 3 is 2.80 bits per heavy atom. The first-order valence-corrected chi connectivity index (χ1v) is 9.56. The summed E-state index contributed by atoms with van der Waals surface area (Å²) in [6, 6.07) is 8.12. The molecule has 6 nitrogen and oxygen atoms in total. The van der Waals surface area contributed by atoms with Crippen LogP contribution < -0.4 is 5.32 Å². The number of aromatic nitrogens is 4. The number of hydrogen-bond acceptors (Lipinski definition) is 6. The Morgan fingerprint density at radius 2 is 2.12 bits per heavy atom. The maximum absolute atomic E-state index is 12.3. The zero-order valence-electron chi connectivity index (χ0n) is 14.5. The Kier molecular flexibility index (Phi) is 5.19. The molecule has 0 radical (unpaired) electrons. The van der Waals surface area contributed by atoms with Gasteiger partial charge in [0.25, 0.3) is 0 Å². The smallest absolute Gasteiger partial charge is 0.239 e. The molecule has 0 aliphatic heterocycles. The second-order valence-corrected chi connectivity index (χ2v) is 7.94. The number of thiazole rings is 1. The molecule has 3 rings (SSSR count). The minimum atomic E-state index is -0.308. The van der Waals surface area contributed by atoms with Gasteiger partial charge in [0.05, 0.1) is 10.9 Å². The zero-order valence-corrected chi connectivity index (χ0v) is 16.1. The first kappa shape index (κ1) is 17.6. The third kappa shape index (κ3) is 4.08. The number of thioether (sulfide) groups is 1. The number of carbonyl (C=O) groups is 1. The molecule has 1 amide bonds. The van der Waals surface area contributed by atoms with E-state index in [9.17, 15) is 4.79 Å². The topological polar surface area (TPSA) is 72.7 Å². The van der Waals surface area contributed by atoms with E-state index in [0.29, 0.717) is 10.3 Å². The van der Waals surface area contributed by atoms with Crippen molar-refractivity contribution in [1.29, 1.82) is 0 Å². The Labute approximate surface area is 154 Å². The van der Waals surface area contributed by atoms with Crippen LogP contribution in [0, 0.1) is 13.8 Å². The van der Waals surface area contributed by atoms with Crippen LogP contribution in [0.15, 0.2) is 34.8 Å². The fourth-order valence-corrected chi connectivity index (χ4v) is 3.79. The Morgan fingerprint density at radius 1 is 1.32 bits per heavy atom. The van der Waals surface area contributed by atoms with Gasteiger partial charge < -0.3 is 9.88 Å². The van der Waals surface area contributed by atoms with Crippen LogP contribution in [0.2, 0.25) is 0 Å². The number of benzene rings is 1. The molecule has 0 saturated heterocycles. The summed E-state index contributed by atoms with van der Waals surface area (Å²) in [5, 5.41) is 14.3. The van der Waals surface area contributed by atoms with E-state index in [-0.39, 0.29) is 11.2 Å². The van der Waals surface area contributed by atoms with Crippen molar-refractivity contribution in [2.45, 2.75) is 31.2 Å². The van der Waals surface area contributed by atoms with E-state index in [0.717, 1.165) is 17.1 Å². The summed E-state index contributed by atoms with van der Waals surface area (Å²) >= 11 is 2.80. The standard InChI is InChI=1S/C17H19N5OS2/c1-10-6-5-7-13(8-10)14-20-21-17(22(14)4)25-12(3)15(23)19-16-18-11(2)9-24-16/h5-9,12H,1-4H3,(H,18,19,23)/t12-/m0/s1. The van der Waals surface area contributed by atoms with Gasteiger partial charge in [-0.25, -0.2) is 4.98 Å². The Hall–Kier alpha value is -2.19. The van der Waals surface area contributed by atoms with Crippen molar-refractivity contribution < 1.29 is 4.79 Å². The first-order valence-electron chi connectivity index (χ1n) is 7.80. The highest BCUT2D eigenvalue weighted by Crippen LogP contribution is 2.27. The number of hydrogen-bond donors (Lipinski definition) is 1. The number of carbonyl (C=O) groups excluding carboxylic acids is 1. The largest absolute Gasteiger partial charge is 0.305 e. The molecule has 8 heteroatoms. The van der Waals surface area contributed by atoms with Gasteiger partial charge in [-0.3, -0.25) is 4.79 Å². The molecule has 1 atom stereocenters. The molecule has 2 heterocycles. The van der Waals surface area contributed by atoms with E-state index in [4.69, 9.17) is 0 Å². The highest BCUT2D eigenvalue weighted by atomic mass is 32.2. The van der Waals surface area contributed by atoms with Gasteiger partial charge in [-0.15, -0.1) is 21.5 Å². The lowest BCUT2D eigenvalue weighted by atomic mass is 10.1. The van der Waals surface area contributed by atoms with Crippen molar-refractivity contribution in [2.24, 2.45) is 7.05 Å². The van der Waals surface area contributed by atoms with E-state index < -0.39 is 0 Å². The molecule has 0 unspecified atom stereocenters. The molecule has 2 aromatic heterocycles. The van der Waals surface area contributed by atoms with Crippen LogP contribution in [0.5, 0.6) is 0 Å². The number of rotatable bonds is 5. The van der Waals surface area contributed by atoms with E-state index in [1.54, 1.807) is 0 Å². The minimum absolute atomic E-state index is 0.0977. The fourth-order valence-electron chi connectivity index (χ4n) is 2.28. The summed E-state index contributed by atoms with van der Waals surface area (Å²) < 4.78 is 1.91. The number of amides is 1. The van der Waals surface area contributed by atoms with Gasteiger partial charge in [0.1, 0.15) is 0 Å². The van der Waals surface area contributed by atoms with Crippen molar-refractivity contribution in [3.8, 4) is 11.4 Å². The molecular weight excluding hydrogens is 354 g/mol. The number of aryl methyl sites for hydroxylation is 2. The van der Waals surface area contributed by atoms with Gasteiger partial charge in [-0.05, 0) is 26.8 Å². The number of nitrogens with one attached hydrogen (secondary N) is 1. The van der Waals surface area contributed by atoms with Crippen LogP contribution in [0.4, 0.5) is 5.13 Å². The molecule has 0 aliphatic rings. The lowest BCUT2D eigenvalue weighted by molar-refractivity contribution is -0.115. The third-order valence-electron chi connectivity index (χ3n) is 3.61. The summed E-state index contributed by atoms with van der Waals surface area (Å²) in [6.07, 6.45) is 0. The maximum atomic E-state index is 12.3. The molecule has 3 aromatic rings. The summed E-state index contributed by atoms with van der Waals surface area (Å²) in [5.41, 5.74) is 3.08. The maximum Gasteiger partial charge on any atom is 0.239 e. The summed E-state index contributed by atoms with van der Waals surface area (Å²) in [4.78, 5) is 16.6. The average Bonchev–Trinajstić information content (AvgIpc) is 3.14. The molecule has 0 aliphatic carbocycles. The van der Waals surface area contributed by atoms with Gasteiger partial charge in [0.15, 0.2) is 16.1 Å². The van der Waals surface area contributed by atoms with E-state index >= 15 is 0 Å². The van der Waals surface area contributed by atoms with E-state index in [2.05, 4.69) is 26.6 Å². The quantitative estimate of drug-likeness (QED) is 0.691. The van der Waals surface area contributed by atoms with E-state index in [1.807, 2.05) is 56.0 Å². The van der Waals surface area contributed by atoms with Crippen molar-refractivity contribution in [3.05, 3.63) is 40.9 Å². The first-order chi connectivity index (χ1) is 11.9. The predicted molar refractivity (Wildman–Crippen MR) is 102 cm³/mol. The van der Waals surface area contributed by atoms with Crippen molar-refractivity contribution >= 4 is 34.1 Å². The van der Waals surface area contributed by atoms with Crippen LogP contribution in [0.25, 0.3) is 11.4 Å². The number of anilines is 1. The van der Waals surface area contributed by atoms with Crippen molar-refractivity contribution in [2.75, 3.05) is 5.32 Å². The van der Waals surface area contributed by atoms with Gasteiger partial charge >= 0.3 is 0 Å². The molecule has 1 aromatic carbocycles. The summed E-state index contributed by atoms with van der Waals surface area (Å²) in [5.74, 6) is 0.689. The molecule has 0 bridgehead atoms. The van der Waals surface area contributed by atoms with Crippen molar-refractivity contribution in [1.82, 2.24) is 19.7 Å². The van der Waals surface area contributed by atoms with Gasteiger partial charge in [0, 0.05) is 18.0 Å². The second kappa shape index (κ2) is 7.37. The zero-order chi connectivity index (χ0) is 18.0. The van der Waals surface area contributed by atoms with Crippen LogP contribution >= 0.6 is 23.1 Å². The van der Waals surface area contributed by atoms with Crippen LogP contribution in [0.3, 0.4) is 0 Å².